The van der Waals surface area contributed by atoms with E-state index in [-0.39, 0.29) is 5.69 Å². The largest absolute Gasteiger partial charge is 0.494 e. The summed E-state index contributed by atoms with van der Waals surface area (Å²) in [7, 11) is 1.47. The van der Waals surface area contributed by atoms with E-state index in [1.54, 1.807) is 16.8 Å². The first-order valence-electron chi connectivity index (χ1n) is 5.22. The minimum Gasteiger partial charge on any atom is -0.494 e. The molecular formula is C13H13NO3. The minimum absolute atomic E-state index is 0.177. The number of nitrogens with zero attached hydrogens (tertiary/aromatic N) is 1. The molecule has 2 aromatic rings. The summed E-state index contributed by atoms with van der Waals surface area (Å²) in [6.45, 7) is 0.520. The van der Waals surface area contributed by atoms with E-state index in [4.69, 9.17) is 9.84 Å². The van der Waals surface area contributed by atoms with Gasteiger partial charge in [-0.1, -0.05) is 30.3 Å². The predicted molar refractivity (Wildman–Crippen MR) is 63.5 cm³/mol. The number of aromatic carboxylic acids is 1. The van der Waals surface area contributed by atoms with E-state index in [1.807, 2.05) is 30.3 Å². The first kappa shape index (κ1) is 11.3. The number of ether oxygens (including phenoxy) is 1. The maximum atomic E-state index is 11.2. The third kappa shape index (κ3) is 2.30. The lowest BCUT2D eigenvalue weighted by atomic mass is 10.2. The van der Waals surface area contributed by atoms with Gasteiger partial charge >= 0.3 is 5.97 Å². The Labute approximate surface area is 99.1 Å². The topological polar surface area (TPSA) is 51.5 Å². The molecule has 0 atom stereocenters. The van der Waals surface area contributed by atoms with Crippen LogP contribution in [0.3, 0.4) is 0 Å². The van der Waals surface area contributed by atoms with Crippen molar-refractivity contribution < 1.29 is 14.6 Å². The first-order valence-corrected chi connectivity index (χ1v) is 5.22. The van der Waals surface area contributed by atoms with Gasteiger partial charge in [-0.3, -0.25) is 0 Å². The number of benzene rings is 1. The molecule has 17 heavy (non-hydrogen) atoms. The molecule has 0 bridgehead atoms. The Morgan fingerprint density at radius 2 is 2.00 bits per heavy atom. The molecule has 0 fully saturated rings. The van der Waals surface area contributed by atoms with Crippen molar-refractivity contribution in [1.82, 2.24) is 4.57 Å². The van der Waals surface area contributed by atoms with E-state index in [1.165, 1.54) is 7.11 Å². The van der Waals surface area contributed by atoms with Crippen LogP contribution >= 0.6 is 0 Å². The molecule has 0 radical (unpaired) electrons. The van der Waals surface area contributed by atoms with Crippen molar-refractivity contribution in [3.63, 3.8) is 0 Å². The number of aromatic nitrogens is 1. The van der Waals surface area contributed by atoms with Gasteiger partial charge < -0.3 is 14.4 Å². The van der Waals surface area contributed by atoms with Crippen molar-refractivity contribution in [2.24, 2.45) is 0 Å². The van der Waals surface area contributed by atoms with Crippen LogP contribution in [0.15, 0.2) is 42.6 Å². The Balaban J connectivity index is 2.33. The molecule has 2 rings (SSSR count). The van der Waals surface area contributed by atoms with Gasteiger partial charge in [-0.05, 0) is 11.6 Å². The second-order valence-corrected chi connectivity index (χ2v) is 3.65. The van der Waals surface area contributed by atoms with Gasteiger partial charge in [-0.25, -0.2) is 4.79 Å². The van der Waals surface area contributed by atoms with Crippen LogP contribution in [0.2, 0.25) is 0 Å². The highest BCUT2D eigenvalue weighted by Gasteiger charge is 2.16. The smallest absolute Gasteiger partial charge is 0.356 e. The molecule has 0 saturated heterocycles. The minimum atomic E-state index is -0.984. The normalized spacial score (nSPS) is 10.2. The molecule has 0 unspecified atom stereocenters. The summed E-state index contributed by atoms with van der Waals surface area (Å²) in [6, 6.07) is 11.4. The standard InChI is InChI=1S/C13H13NO3/c1-17-11-7-8-14(12(11)13(15)16)9-10-5-3-2-4-6-10/h2-8H,9H2,1H3,(H,15,16). The van der Waals surface area contributed by atoms with Crippen LogP contribution in [0.1, 0.15) is 16.1 Å². The summed E-state index contributed by atoms with van der Waals surface area (Å²) in [4.78, 5) is 11.2. The van der Waals surface area contributed by atoms with Crippen LogP contribution in [-0.4, -0.2) is 22.8 Å². The molecule has 88 valence electrons. The summed E-state index contributed by atoms with van der Waals surface area (Å²) >= 11 is 0. The molecule has 1 aromatic carbocycles. The van der Waals surface area contributed by atoms with Gasteiger partial charge in [-0.15, -0.1) is 0 Å². The third-order valence-electron chi connectivity index (χ3n) is 2.54. The second-order valence-electron chi connectivity index (χ2n) is 3.65. The fourth-order valence-electron chi connectivity index (χ4n) is 1.76. The van der Waals surface area contributed by atoms with E-state index in [0.29, 0.717) is 12.3 Å². The van der Waals surface area contributed by atoms with Gasteiger partial charge in [0.1, 0.15) is 0 Å². The molecule has 1 N–H and O–H groups in total. The quantitative estimate of drug-likeness (QED) is 0.878. The summed E-state index contributed by atoms with van der Waals surface area (Å²) in [6.07, 6.45) is 1.72. The maximum Gasteiger partial charge on any atom is 0.356 e. The molecule has 0 aliphatic heterocycles. The van der Waals surface area contributed by atoms with Crippen molar-refractivity contribution in [3.8, 4) is 5.75 Å². The van der Waals surface area contributed by atoms with Gasteiger partial charge in [0.05, 0.1) is 7.11 Å². The Morgan fingerprint density at radius 1 is 1.29 bits per heavy atom. The Bertz CT molecular complexity index is 517. The maximum absolute atomic E-state index is 11.2. The molecule has 0 spiro atoms. The van der Waals surface area contributed by atoms with E-state index in [9.17, 15) is 4.79 Å². The number of methoxy groups -OCH3 is 1. The molecule has 0 aliphatic rings. The van der Waals surface area contributed by atoms with Gasteiger partial charge in [0, 0.05) is 12.7 Å². The van der Waals surface area contributed by atoms with Gasteiger partial charge in [0.2, 0.25) is 0 Å². The number of carboxylic acids is 1. The van der Waals surface area contributed by atoms with Gasteiger partial charge in [0.25, 0.3) is 0 Å². The van der Waals surface area contributed by atoms with E-state index >= 15 is 0 Å². The number of rotatable bonds is 4. The zero-order valence-electron chi connectivity index (χ0n) is 9.46. The molecule has 0 aliphatic carbocycles. The Morgan fingerprint density at radius 3 is 2.59 bits per heavy atom. The lowest BCUT2D eigenvalue weighted by Crippen LogP contribution is -2.09. The predicted octanol–water partition coefficient (Wildman–Crippen LogP) is 2.24. The lowest BCUT2D eigenvalue weighted by molar-refractivity contribution is 0.0682. The van der Waals surface area contributed by atoms with Gasteiger partial charge in [-0.2, -0.15) is 0 Å². The highest BCUT2D eigenvalue weighted by atomic mass is 16.5. The fourth-order valence-corrected chi connectivity index (χ4v) is 1.76. The van der Waals surface area contributed by atoms with Crippen molar-refractivity contribution in [2.75, 3.05) is 7.11 Å². The summed E-state index contributed by atoms with van der Waals surface area (Å²) in [5, 5.41) is 9.14. The van der Waals surface area contributed by atoms with Crippen molar-refractivity contribution in [1.29, 1.82) is 0 Å². The molecule has 0 amide bonds. The lowest BCUT2D eigenvalue weighted by Gasteiger charge is -2.07. The van der Waals surface area contributed by atoms with E-state index in [2.05, 4.69) is 0 Å². The van der Waals surface area contributed by atoms with E-state index in [0.717, 1.165) is 5.56 Å². The molecule has 1 heterocycles. The fraction of sp³-hybridized carbons (Fsp3) is 0.154. The average Bonchev–Trinajstić information content (AvgIpc) is 2.73. The van der Waals surface area contributed by atoms with Crippen LogP contribution < -0.4 is 4.74 Å². The number of carbonyl (C=O) groups is 1. The Hall–Kier alpha value is -2.23. The van der Waals surface area contributed by atoms with Gasteiger partial charge in [0.15, 0.2) is 11.4 Å². The van der Waals surface area contributed by atoms with Crippen LogP contribution in [0, 0.1) is 0 Å². The summed E-state index contributed by atoms with van der Waals surface area (Å²) < 4.78 is 6.69. The molecule has 0 saturated carbocycles. The van der Waals surface area contributed by atoms with Crippen molar-refractivity contribution in [2.45, 2.75) is 6.54 Å². The van der Waals surface area contributed by atoms with Crippen LogP contribution in [0.25, 0.3) is 0 Å². The second kappa shape index (κ2) is 4.74. The molecule has 4 heteroatoms. The monoisotopic (exact) mass is 231 g/mol. The number of hydrogen-bond donors (Lipinski definition) is 1. The zero-order valence-corrected chi connectivity index (χ0v) is 9.46. The summed E-state index contributed by atoms with van der Waals surface area (Å²) in [5.74, 6) is -0.601. The van der Waals surface area contributed by atoms with Crippen LogP contribution in [0.5, 0.6) is 5.75 Å². The highest BCUT2D eigenvalue weighted by molar-refractivity contribution is 5.89. The van der Waals surface area contributed by atoms with Crippen molar-refractivity contribution in [3.05, 3.63) is 53.9 Å². The number of carboxylic acid groups (broad SMARTS) is 1. The molecule has 4 nitrogen and oxygen atoms in total. The highest BCUT2D eigenvalue weighted by Crippen LogP contribution is 2.20. The number of hydrogen-bond acceptors (Lipinski definition) is 2. The van der Waals surface area contributed by atoms with E-state index < -0.39 is 5.97 Å². The van der Waals surface area contributed by atoms with Crippen LogP contribution in [-0.2, 0) is 6.54 Å². The first-order chi connectivity index (χ1) is 8.22. The Kier molecular flexibility index (Phi) is 3.14. The average molecular weight is 231 g/mol. The molecular weight excluding hydrogens is 218 g/mol. The zero-order chi connectivity index (χ0) is 12.3. The summed E-state index contributed by atoms with van der Waals surface area (Å²) in [5.41, 5.74) is 1.23. The van der Waals surface area contributed by atoms with Crippen LogP contribution in [0.4, 0.5) is 0 Å². The van der Waals surface area contributed by atoms with Crippen molar-refractivity contribution >= 4 is 5.97 Å². The molecule has 1 aromatic heterocycles. The third-order valence-corrected chi connectivity index (χ3v) is 2.54. The SMILES string of the molecule is COc1ccn(Cc2ccccc2)c1C(=O)O.